The number of carbonyl (C=O) groups is 1. The molecule has 0 heterocycles. The minimum absolute atomic E-state index is 0.237. The zero-order valence-corrected chi connectivity index (χ0v) is 15.5. The number of urea groups is 1. The van der Waals surface area contributed by atoms with E-state index in [1.54, 1.807) is 12.1 Å². The molecule has 2 aromatic carbocycles. The Morgan fingerprint density at radius 1 is 1.23 bits per heavy atom. The smallest absolute Gasteiger partial charge is 0.319 e. The maximum Gasteiger partial charge on any atom is 0.319 e. The average molecular weight is 354 g/mol. The molecule has 2 atom stereocenters. The van der Waals surface area contributed by atoms with Crippen LogP contribution >= 0.6 is 0 Å². The van der Waals surface area contributed by atoms with Gasteiger partial charge in [0, 0.05) is 12.2 Å². The number of hydrogen-bond donors (Lipinski definition) is 2. The molecule has 3 nitrogen and oxygen atoms in total. The topological polar surface area (TPSA) is 41.1 Å². The van der Waals surface area contributed by atoms with Crippen molar-refractivity contribution in [3.63, 3.8) is 0 Å². The highest BCUT2D eigenvalue weighted by atomic mass is 19.1. The molecule has 0 spiro atoms. The standard InChI is InChI=1S/C22H27FN2O/c1-3-16-5-4-6-18-13-17(7-12-21(16)18)15(2)14-24-22(26)25-20-10-8-19(23)9-11-20/h7-13,15-16H,3-6,14H2,1-2H3,(H2,24,25,26). The van der Waals surface area contributed by atoms with Gasteiger partial charge in [0.2, 0.25) is 0 Å². The largest absolute Gasteiger partial charge is 0.337 e. The molecule has 0 bridgehead atoms. The zero-order chi connectivity index (χ0) is 18.5. The van der Waals surface area contributed by atoms with Crippen molar-refractivity contribution in [3.8, 4) is 0 Å². The molecular weight excluding hydrogens is 327 g/mol. The lowest BCUT2D eigenvalue weighted by atomic mass is 9.80. The Balaban J connectivity index is 1.57. The first kappa shape index (κ1) is 18.4. The third-order valence-electron chi connectivity index (χ3n) is 5.34. The van der Waals surface area contributed by atoms with Gasteiger partial charge in [0.25, 0.3) is 0 Å². The van der Waals surface area contributed by atoms with Gasteiger partial charge in [-0.2, -0.15) is 0 Å². The van der Waals surface area contributed by atoms with Crippen LogP contribution in [0.2, 0.25) is 0 Å². The van der Waals surface area contributed by atoms with Crippen LogP contribution in [0.4, 0.5) is 14.9 Å². The van der Waals surface area contributed by atoms with E-state index >= 15 is 0 Å². The molecule has 26 heavy (non-hydrogen) atoms. The third kappa shape index (κ3) is 4.43. The van der Waals surface area contributed by atoms with Gasteiger partial charge < -0.3 is 10.6 Å². The van der Waals surface area contributed by atoms with Gasteiger partial charge in [0.15, 0.2) is 0 Å². The molecule has 0 saturated heterocycles. The van der Waals surface area contributed by atoms with Crippen molar-refractivity contribution < 1.29 is 9.18 Å². The molecule has 138 valence electrons. The molecule has 0 fully saturated rings. The Morgan fingerprint density at radius 3 is 2.73 bits per heavy atom. The highest BCUT2D eigenvalue weighted by Gasteiger charge is 2.19. The van der Waals surface area contributed by atoms with Crippen molar-refractivity contribution in [2.24, 2.45) is 0 Å². The molecule has 2 unspecified atom stereocenters. The first-order valence-electron chi connectivity index (χ1n) is 9.50. The van der Waals surface area contributed by atoms with Gasteiger partial charge in [-0.25, -0.2) is 9.18 Å². The average Bonchev–Trinajstić information content (AvgIpc) is 2.67. The van der Waals surface area contributed by atoms with Crippen LogP contribution in [0.3, 0.4) is 0 Å². The number of anilines is 1. The maximum absolute atomic E-state index is 12.9. The Morgan fingerprint density at radius 2 is 2.00 bits per heavy atom. The minimum Gasteiger partial charge on any atom is -0.337 e. The van der Waals surface area contributed by atoms with Crippen LogP contribution < -0.4 is 10.6 Å². The second kappa shape index (κ2) is 8.35. The number of benzene rings is 2. The van der Waals surface area contributed by atoms with Crippen LogP contribution in [0.15, 0.2) is 42.5 Å². The molecule has 2 N–H and O–H groups in total. The number of rotatable bonds is 5. The Hall–Kier alpha value is -2.36. The molecule has 2 amide bonds. The first-order chi connectivity index (χ1) is 12.6. The van der Waals surface area contributed by atoms with Crippen molar-refractivity contribution in [3.05, 3.63) is 65.0 Å². The predicted molar refractivity (Wildman–Crippen MR) is 104 cm³/mol. The monoisotopic (exact) mass is 354 g/mol. The minimum atomic E-state index is -0.317. The number of amides is 2. The normalized spacial score (nSPS) is 17.3. The SMILES string of the molecule is CCC1CCCc2cc(C(C)CNC(=O)Nc3ccc(F)cc3)ccc21. The second-order valence-electron chi connectivity index (χ2n) is 7.20. The van der Waals surface area contributed by atoms with Gasteiger partial charge in [-0.05, 0) is 78.5 Å². The van der Waals surface area contributed by atoms with E-state index < -0.39 is 0 Å². The molecule has 2 aromatic rings. The Bertz CT molecular complexity index is 757. The summed E-state index contributed by atoms with van der Waals surface area (Å²) in [7, 11) is 0. The number of fused-ring (bicyclic) bond motifs is 1. The lowest BCUT2D eigenvalue weighted by Gasteiger charge is -2.26. The van der Waals surface area contributed by atoms with Crippen LogP contribution in [-0.2, 0) is 6.42 Å². The van der Waals surface area contributed by atoms with E-state index in [1.807, 2.05) is 0 Å². The van der Waals surface area contributed by atoms with E-state index in [4.69, 9.17) is 0 Å². The third-order valence-corrected chi connectivity index (χ3v) is 5.34. The summed E-state index contributed by atoms with van der Waals surface area (Å²) in [6.07, 6.45) is 4.92. The van der Waals surface area contributed by atoms with E-state index in [0.717, 1.165) is 6.42 Å². The number of nitrogens with one attached hydrogen (secondary N) is 2. The lowest BCUT2D eigenvalue weighted by molar-refractivity contribution is 0.251. The first-order valence-corrected chi connectivity index (χ1v) is 9.50. The number of halogens is 1. The van der Waals surface area contributed by atoms with Crippen LogP contribution in [-0.4, -0.2) is 12.6 Å². The van der Waals surface area contributed by atoms with Gasteiger partial charge in [-0.1, -0.05) is 32.0 Å². The van der Waals surface area contributed by atoms with Crippen molar-refractivity contribution in [2.45, 2.75) is 51.4 Å². The number of hydrogen-bond acceptors (Lipinski definition) is 1. The summed E-state index contributed by atoms with van der Waals surface area (Å²) >= 11 is 0. The quantitative estimate of drug-likeness (QED) is 0.723. The second-order valence-corrected chi connectivity index (χ2v) is 7.20. The van der Waals surface area contributed by atoms with Gasteiger partial charge >= 0.3 is 6.03 Å². The van der Waals surface area contributed by atoms with Gasteiger partial charge in [0.1, 0.15) is 5.82 Å². The van der Waals surface area contributed by atoms with Crippen molar-refractivity contribution in [2.75, 3.05) is 11.9 Å². The summed E-state index contributed by atoms with van der Waals surface area (Å²) < 4.78 is 12.9. The molecular formula is C22H27FN2O. The number of aryl methyl sites for hydroxylation is 1. The van der Waals surface area contributed by atoms with Gasteiger partial charge in [-0.15, -0.1) is 0 Å². The van der Waals surface area contributed by atoms with E-state index in [2.05, 4.69) is 42.7 Å². The summed E-state index contributed by atoms with van der Waals surface area (Å²) in [5.41, 5.74) is 4.83. The van der Waals surface area contributed by atoms with Crippen LogP contribution in [0.5, 0.6) is 0 Å². The van der Waals surface area contributed by atoms with Crippen molar-refractivity contribution in [1.29, 1.82) is 0 Å². The van der Waals surface area contributed by atoms with Crippen LogP contribution in [0.1, 0.15) is 61.6 Å². The van der Waals surface area contributed by atoms with E-state index in [-0.39, 0.29) is 17.8 Å². The molecule has 4 heteroatoms. The van der Waals surface area contributed by atoms with Crippen LogP contribution in [0.25, 0.3) is 0 Å². The molecule has 0 aliphatic heterocycles. The molecule has 0 radical (unpaired) electrons. The van der Waals surface area contributed by atoms with E-state index in [9.17, 15) is 9.18 Å². The summed E-state index contributed by atoms with van der Waals surface area (Å²) in [6.45, 7) is 4.95. The fourth-order valence-corrected chi connectivity index (χ4v) is 3.74. The Kier molecular flexibility index (Phi) is 5.92. The Labute approximate surface area is 155 Å². The van der Waals surface area contributed by atoms with Gasteiger partial charge in [0.05, 0.1) is 0 Å². The number of carbonyl (C=O) groups excluding carboxylic acids is 1. The molecule has 0 saturated carbocycles. The van der Waals surface area contributed by atoms with E-state index in [0.29, 0.717) is 18.2 Å². The molecule has 1 aliphatic carbocycles. The summed E-state index contributed by atoms with van der Waals surface area (Å²) in [5.74, 6) is 0.617. The fourth-order valence-electron chi connectivity index (χ4n) is 3.74. The summed E-state index contributed by atoms with van der Waals surface area (Å²) in [5, 5.41) is 5.62. The van der Waals surface area contributed by atoms with Crippen molar-refractivity contribution in [1.82, 2.24) is 5.32 Å². The van der Waals surface area contributed by atoms with E-state index in [1.165, 1.54) is 48.1 Å². The predicted octanol–water partition coefficient (Wildman–Crippen LogP) is 5.58. The fraction of sp³-hybridized carbons (Fsp3) is 0.409. The lowest BCUT2D eigenvalue weighted by Crippen LogP contribution is -2.31. The molecule has 3 rings (SSSR count). The highest BCUT2D eigenvalue weighted by Crippen LogP contribution is 2.35. The van der Waals surface area contributed by atoms with Gasteiger partial charge in [-0.3, -0.25) is 0 Å². The highest BCUT2D eigenvalue weighted by molar-refractivity contribution is 5.89. The molecule has 0 aromatic heterocycles. The maximum atomic E-state index is 12.9. The molecule has 1 aliphatic rings. The van der Waals surface area contributed by atoms with Crippen molar-refractivity contribution >= 4 is 11.7 Å². The summed E-state index contributed by atoms with van der Waals surface area (Å²) in [4.78, 5) is 12.0. The zero-order valence-electron chi connectivity index (χ0n) is 15.5. The van der Waals surface area contributed by atoms with Crippen LogP contribution in [0, 0.1) is 5.82 Å². The summed E-state index contributed by atoms with van der Waals surface area (Å²) in [6, 6.07) is 12.3.